The molecule has 0 amide bonds. The molecule has 0 N–H and O–H groups in total. The van der Waals surface area contributed by atoms with E-state index in [9.17, 15) is 4.79 Å². The highest BCUT2D eigenvalue weighted by Gasteiger charge is 2.45. The summed E-state index contributed by atoms with van der Waals surface area (Å²) in [6.45, 7) is 4.94. The van der Waals surface area contributed by atoms with Crippen molar-refractivity contribution in [2.75, 3.05) is 0 Å². The summed E-state index contributed by atoms with van der Waals surface area (Å²) in [4.78, 5) is 12.5. The molecule has 1 aromatic heterocycles. The summed E-state index contributed by atoms with van der Waals surface area (Å²) in [5, 5.41) is 4.43. The molecule has 0 unspecified atom stereocenters. The van der Waals surface area contributed by atoms with Crippen LogP contribution in [0.15, 0.2) is 6.07 Å². The largest absolute Gasteiger partial charge is 0.299 e. The quantitative estimate of drug-likeness (QED) is 0.773. The fourth-order valence-corrected chi connectivity index (χ4v) is 3.13. The Bertz CT molecular complexity index is 443. The van der Waals surface area contributed by atoms with E-state index in [0.29, 0.717) is 30.0 Å². The van der Waals surface area contributed by atoms with E-state index in [0.717, 1.165) is 17.9 Å². The average Bonchev–Trinajstić information content (AvgIpc) is 3.21. The molecule has 0 saturated heterocycles. The van der Waals surface area contributed by atoms with E-state index in [1.54, 1.807) is 0 Å². The molecule has 2 aliphatic rings. The highest BCUT2D eigenvalue weighted by Crippen LogP contribution is 2.49. The minimum absolute atomic E-state index is 0.366. The van der Waals surface area contributed by atoms with E-state index < -0.39 is 0 Å². The lowest BCUT2D eigenvalue weighted by Gasteiger charge is -2.14. The van der Waals surface area contributed by atoms with Crippen molar-refractivity contribution in [1.29, 1.82) is 0 Å². The van der Waals surface area contributed by atoms with Gasteiger partial charge in [0.15, 0.2) is 0 Å². The molecule has 2 fully saturated rings. The molecule has 0 radical (unpaired) electrons. The van der Waals surface area contributed by atoms with E-state index in [4.69, 9.17) is 0 Å². The van der Waals surface area contributed by atoms with Crippen LogP contribution >= 0.6 is 0 Å². The second-order valence-electron chi connectivity index (χ2n) is 5.94. The fourth-order valence-electron chi connectivity index (χ4n) is 3.13. The number of nitrogens with zero attached hydrogens (tertiary/aromatic N) is 2. The summed E-state index contributed by atoms with van der Waals surface area (Å²) >= 11 is 0. The second-order valence-corrected chi connectivity index (χ2v) is 5.94. The van der Waals surface area contributed by atoms with Crippen molar-refractivity contribution in [3.05, 3.63) is 17.5 Å². The van der Waals surface area contributed by atoms with Gasteiger partial charge in [-0.15, -0.1) is 0 Å². The van der Waals surface area contributed by atoms with Crippen LogP contribution in [0.2, 0.25) is 0 Å². The van der Waals surface area contributed by atoms with E-state index in [2.05, 4.69) is 18.1 Å². The van der Waals surface area contributed by atoms with E-state index in [1.165, 1.54) is 25.7 Å². The van der Waals surface area contributed by atoms with Gasteiger partial charge >= 0.3 is 0 Å². The molecule has 0 aliphatic heterocycles. The van der Waals surface area contributed by atoms with Gasteiger partial charge in [0, 0.05) is 24.6 Å². The van der Waals surface area contributed by atoms with Crippen LogP contribution in [-0.2, 0) is 17.8 Å². The Morgan fingerprint density at radius 2 is 2.00 bits per heavy atom. The van der Waals surface area contributed by atoms with Gasteiger partial charge in [-0.3, -0.25) is 9.48 Å². The smallest absolute Gasteiger partial charge is 0.142 e. The van der Waals surface area contributed by atoms with Crippen molar-refractivity contribution in [1.82, 2.24) is 9.78 Å². The number of carbonyl (C=O) groups excluding carboxylic acids is 1. The van der Waals surface area contributed by atoms with Gasteiger partial charge in [-0.1, -0.05) is 0 Å². The normalized spacial score (nSPS) is 19.5. The molecule has 0 bridgehead atoms. The fraction of sp³-hybridized carbons (Fsp3) is 0.733. The highest BCUT2D eigenvalue weighted by atomic mass is 16.1. The Hall–Kier alpha value is -1.12. The highest BCUT2D eigenvalue weighted by molar-refractivity contribution is 5.84. The van der Waals surface area contributed by atoms with Gasteiger partial charge in [-0.2, -0.15) is 5.10 Å². The molecule has 0 spiro atoms. The lowest BCUT2D eigenvalue weighted by Crippen LogP contribution is -2.22. The third-order valence-corrected chi connectivity index (χ3v) is 4.27. The van der Waals surface area contributed by atoms with Crippen molar-refractivity contribution in [3.8, 4) is 0 Å². The first-order valence-electron chi connectivity index (χ1n) is 7.25. The van der Waals surface area contributed by atoms with Crippen molar-refractivity contribution in [2.45, 2.75) is 52.5 Å². The van der Waals surface area contributed by atoms with Crippen LogP contribution in [0.5, 0.6) is 0 Å². The number of hydrogen-bond donors (Lipinski definition) is 0. The second kappa shape index (κ2) is 4.52. The number of hydrogen-bond acceptors (Lipinski definition) is 2. The Labute approximate surface area is 109 Å². The van der Waals surface area contributed by atoms with Crippen molar-refractivity contribution < 1.29 is 4.79 Å². The average molecular weight is 246 g/mol. The zero-order valence-corrected chi connectivity index (χ0v) is 11.4. The van der Waals surface area contributed by atoms with Gasteiger partial charge in [-0.25, -0.2) is 0 Å². The number of Topliss-reactive ketones (excluding diaryl/α,β-unsaturated/α-hetero) is 1. The molecule has 3 rings (SSSR count). The molecule has 3 nitrogen and oxygen atoms in total. The number of aromatic nitrogens is 2. The molecule has 18 heavy (non-hydrogen) atoms. The maximum Gasteiger partial charge on any atom is 0.142 e. The van der Waals surface area contributed by atoms with Crippen molar-refractivity contribution in [2.24, 2.45) is 17.8 Å². The molecule has 0 atom stereocenters. The molecular formula is C15H22N2O. The van der Waals surface area contributed by atoms with Gasteiger partial charge in [0.1, 0.15) is 5.78 Å². The van der Waals surface area contributed by atoms with Crippen LogP contribution < -0.4 is 0 Å². The molecule has 1 heterocycles. The van der Waals surface area contributed by atoms with E-state index >= 15 is 0 Å². The Morgan fingerprint density at radius 1 is 1.39 bits per heavy atom. The molecular weight excluding hydrogens is 224 g/mol. The zero-order chi connectivity index (χ0) is 12.7. The van der Waals surface area contributed by atoms with Gasteiger partial charge in [-0.05, 0) is 57.4 Å². The van der Waals surface area contributed by atoms with Crippen LogP contribution in [0.25, 0.3) is 0 Å². The Kier molecular flexibility index (Phi) is 3.00. The molecule has 1 aromatic rings. The predicted octanol–water partition coefficient (Wildman–Crippen LogP) is 2.76. The number of aryl methyl sites for hydroxylation is 2. The first-order chi connectivity index (χ1) is 8.69. The minimum atomic E-state index is 0.366. The van der Waals surface area contributed by atoms with Crippen LogP contribution in [0, 0.1) is 24.7 Å². The number of rotatable bonds is 6. The summed E-state index contributed by atoms with van der Waals surface area (Å²) in [5.41, 5.74) is 2.13. The van der Waals surface area contributed by atoms with Crippen molar-refractivity contribution in [3.63, 3.8) is 0 Å². The summed E-state index contributed by atoms with van der Waals surface area (Å²) < 4.78 is 1.98. The molecule has 2 aliphatic carbocycles. The monoisotopic (exact) mass is 246 g/mol. The summed E-state index contributed by atoms with van der Waals surface area (Å²) in [6, 6.07) is 2.07. The Balaban J connectivity index is 1.72. The minimum Gasteiger partial charge on any atom is -0.299 e. The lowest BCUT2D eigenvalue weighted by atomic mass is 9.90. The van der Waals surface area contributed by atoms with E-state index in [-0.39, 0.29) is 0 Å². The third kappa shape index (κ3) is 2.36. The maximum atomic E-state index is 12.5. The van der Waals surface area contributed by atoms with Crippen molar-refractivity contribution >= 4 is 5.78 Å². The Morgan fingerprint density at radius 3 is 2.50 bits per heavy atom. The first kappa shape index (κ1) is 11.9. The lowest BCUT2D eigenvalue weighted by molar-refractivity contribution is -0.123. The van der Waals surface area contributed by atoms with Gasteiger partial charge in [0.05, 0.1) is 5.69 Å². The number of ketones is 1. The van der Waals surface area contributed by atoms with Crippen LogP contribution in [0.1, 0.15) is 44.0 Å². The van der Waals surface area contributed by atoms with Crippen LogP contribution in [0.3, 0.4) is 0 Å². The van der Waals surface area contributed by atoms with Crippen LogP contribution in [0.4, 0.5) is 0 Å². The zero-order valence-electron chi connectivity index (χ0n) is 11.4. The predicted molar refractivity (Wildman–Crippen MR) is 70.3 cm³/mol. The SMILES string of the molecule is CCn1nc(C)cc1CC(=O)C(C1CC1)C1CC1. The topological polar surface area (TPSA) is 34.9 Å². The van der Waals surface area contributed by atoms with Gasteiger partial charge in [0.25, 0.3) is 0 Å². The molecule has 0 aromatic carbocycles. The molecule has 2 saturated carbocycles. The summed E-state index contributed by atoms with van der Waals surface area (Å²) in [6.07, 6.45) is 5.70. The van der Waals surface area contributed by atoms with Gasteiger partial charge in [0.2, 0.25) is 0 Å². The van der Waals surface area contributed by atoms with E-state index in [1.807, 2.05) is 11.6 Å². The first-order valence-corrected chi connectivity index (χ1v) is 7.25. The summed E-state index contributed by atoms with van der Waals surface area (Å²) in [5.74, 6) is 2.26. The maximum absolute atomic E-state index is 12.5. The standard InChI is InChI=1S/C15H22N2O/c1-3-17-13(8-10(2)16-17)9-14(18)15(11-4-5-11)12-6-7-12/h8,11-12,15H,3-7,9H2,1-2H3. The third-order valence-electron chi connectivity index (χ3n) is 4.27. The van der Waals surface area contributed by atoms with Gasteiger partial charge < -0.3 is 0 Å². The van der Waals surface area contributed by atoms with Crippen LogP contribution in [-0.4, -0.2) is 15.6 Å². The number of carbonyl (C=O) groups is 1. The molecule has 98 valence electrons. The molecule has 3 heteroatoms. The summed E-state index contributed by atoms with van der Waals surface area (Å²) in [7, 11) is 0.